The molecular weight excluding hydrogens is 296 g/mol. The number of rotatable bonds is 1. The van der Waals surface area contributed by atoms with Crippen molar-refractivity contribution in [2.24, 2.45) is 0 Å². The van der Waals surface area contributed by atoms with Crippen molar-refractivity contribution < 1.29 is 26.3 Å². The summed E-state index contributed by atoms with van der Waals surface area (Å²) in [5, 5.41) is 0. The summed E-state index contributed by atoms with van der Waals surface area (Å²) in [5.41, 5.74) is 1.65. The van der Waals surface area contributed by atoms with Crippen molar-refractivity contribution in [3.05, 3.63) is 53.6 Å². The Hall–Kier alpha value is -2.18. The van der Waals surface area contributed by atoms with Crippen LogP contribution in [0.2, 0.25) is 0 Å². The molecule has 2 aromatic carbocycles. The van der Waals surface area contributed by atoms with Crippen LogP contribution in [-0.4, -0.2) is 0 Å². The van der Waals surface area contributed by atoms with E-state index in [1.165, 1.54) is 24.3 Å². The molecule has 0 fully saturated rings. The fourth-order valence-corrected chi connectivity index (χ4v) is 2.04. The molecule has 1 nitrogen and oxygen atoms in total. The molecule has 0 unspecified atom stereocenters. The van der Waals surface area contributed by atoms with Gasteiger partial charge in [-0.15, -0.1) is 0 Å². The topological polar surface area (TPSA) is 26.0 Å². The summed E-state index contributed by atoms with van der Waals surface area (Å²) in [6.07, 6.45) is -10.2. The first-order valence-electron chi connectivity index (χ1n) is 5.74. The summed E-state index contributed by atoms with van der Waals surface area (Å²) in [4.78, 5) is 0. The molecule has 0 spiro atoms. The molecule has 0 saturated carbocycles. The van der Waals surface area contributed by atoms with Gasteiger partial charge >= 0.3 is 12.4 Å². The molecule has 2 N–H and O–H groups in total. The van der Waals surface area contributed by atoms with Crippen molar-refractivity contribution in [3.8, 4) is 11.1 Å². The van der Waals surface area contributed by atoms with Crippen molar-refractivity contribution in [1.29, 1.82) is 0 Å². The smallest absolute Gasteiger partial charge is 0.399 e. The van der Waals surface area contributed by atoms with E-state index in [9.17, 15) is 26.3 Å². The zero-order valence-corrected chi connectivity index (χ0v) is 10.4. The molecule has 0 radical (unpaired) electrons. The predicted molar refractivity (Wildman–Crippen MR) is 66.3 cm³/mol. The fourth-order valence-electron chi connectivity index (χ4n) is 2.04. The van der Waals surface area contributed by atoms with E-state index in [0.717, 1.165) is 12.1 Å². The highest BCUT2D eigenvalue weighted by Crippen LogP contribution is 2.45. The summed E-state index contributed by atoms with van der Waals surface area (Å²) in [6, 6.07) is 7.64. The van der Waals surface area contributed by atoms with Crippen molar-refractivity contribution in [3.63, 3.8) is 0 Å². The van der Waals surface area contributed by atoms with Gasteiger partial charge in [0.15, 0.2) is 0 Å². The highest BCUT2D eigenvalue weighted by atomic mass is 19.4. The van der Waals surface area contributed by atoms with Crippen LogP contribution in [0, 0.1) is 0 Å². The lowest BCUT2D eigenvalue weighted by Crippen LogP contribution is -2.17. The van der Waals surface area contributed by atoms with Crippen molar-refractivity contribution in [1.82, 2.24) is 0 Å². The first kappa shape index (κ1) is 15.2. The molecule has 112 valence electrons. The number of hydrogen-bond acceptors (Lipinski definition) is 1. The van der Waals surface area contributed by atoms with Crippen LogP contribution in [0.1, 0.15) is 11.1 Å². The summed E-state index contributed by atoms with van der Waals surface area (Å²) in [5.74, 6) is 0. The van der Waals surface area contributed by atoms with E-state index >= 15 is 0 Å². The van der Waals surface area contributed by atoms with E-state index in [1.54, 1.807) is 0 Å². The second-order valence-electron chi connectivity index (χ2n) is 4.35. The highest BCUT2D eigenvalue weighted by Gasteiger charge is 2.44. The third-order valence-corrected chi connectivity index (χ3v) is 2.85. The second-order valence-corrected chi connectivity index (χ2v) is 4.35. The van der Waals surface area contributed by atoms with Crippen LogP contribution < -0.4 is 5.73 Å². The van der Waals surface area contributed by atoms with Gasteiger partial charge in [0.1, 0.15) is 0 Å². The van der Waals surface area contributed by atoms with Crippen LogP contribution in [0.4, 0.5) is 32.0 Å². The highest BCUT2D eigenvalue weighted by molar-refractivity contribution is 5.72. The fraction of sp³-hybridized carbons (Fsp3) is 0.143. The van der Waals surface area contributed by atoms with E-state index in [1.807, 2.05) is 0 Å². The summed E-state index contributed by atoms with van der Waals surface area (Å²) in [7, 11) is 0. The first-order valence-corrected chi connectivity index (χ1v) is 5.74. The van der Waals surface area contributed by atoms with Crippen molar-refractivity contribution in [2.75, 3.05) is 5.73 Å². The van der Waals surface area contributed by atoms with Gasteiger partial charge in [-0.2, -0.15) is 26.3 Å². The van der Waals surface area contributed by atoms with Gasteiger partial charge in [0, 0.05) is 5.69 Å². The molecule has 2 rings (SSSR count). The Bertz CT molecular complexity index is 657. The maximum absolute atomic E-state index is 13.1. The standard InChI is InChI=1S/C14H9F6N/c15-13(16,17)11-6-2-5-10(12(11)14(18,19)20)8-3-1-4-9(21)7-8/h1-7H,21H2. The SMILES string of the molecule is Nc1cccc(-c2cccc(C(F)(F)F)c2C(F)(F)F)c1. The first-order chi connectivity index (χ1) is 9.60. The van der Waals surface area contributed by atoms with Crippen LogP contribution in [0.25, 0.3) is 11.1 Å². The van der Waals surface area contributed by atoms with Crippen LogP contribution in [0.15, 0.2) is 42.5 Å². The lowest BCUT2D eigenvalue weighted by atomic mass is 9.94. The minimum atomic E-state index is -5.13. The zero-order chi connectivity index (χ0) is 15.8. The Balaban J connectivity index is 2.78. The summed E-state index contributed by atoms with van der Waals surface area (Å²) < 4.78 is 77.8. The number of alkyl halides is 6. The average Bonchev–Trinajstić information content (AvgIpc) is 2.36. The maximum Gasteiger partial charge on any atom is 0.417 e. The normalized spacial score (nSPS) is 12.5. The number of nitrogen functional groups attached to an aromatic ring is 1. The summed E-state index contributed by atoms with van der Waals surface area (Å²) >= 11 is 0. The Morgan fingerprint density at radius 1 is 0.762 bits per heavy atom. The Morgan fingerprint density at radius 2 is 1.38 bits per heavy atom. The molecule has 0 aliphatic carbocycles. The van der Waals surface area contributed by atoms with E-state index < -0.39 is 29.0 Å². The molecule has 0 bridgehead atoms. The van der Waals surface area contributed by atoms with Gasteiger partial charge in [-0.25, -0.2) is 0 Å². The van der Waals surface area contributed by atoms with Crippen LogP contribution in [-0.2, 0) is 12.4 Å². The van der Waals surface area contributed by atoms with Gasteiger partial charge in [0.25, 0.3) is 0 Å². The lowest BCUT2D eigenvalue weighted by Gasteiger charge is -2.19. The van der Waals surface area contributed by atoms with Gasteiger partial charge in [-0.1, -0.05) is 24.3 Å². The van der Waals surface area contributed by atoms with E-state index in [0.29, 0.717) is 6.07 Å². The molecule has 21 heavy (non-hydrogen) atoms. The Kier molecular flexibility index (Phi) is 3.61. The maximum atomic E-state index is 13.1. The van der Waals surface area contributed by atoms with Crippen LogP contribution in [0.5, 0.6) is 0 Å². The molecule has 0 aliphatic heterocycles. The van der Waals surface area contributed by atoms with Crippen molar-refractivity contribution in [2.45, 2.75) is 12.4 Å². The van der Waals surface area contributed by atoms with Gasteiger partial charge in [0.05, 0.1) is 11.1 Å². The number of halogens is 6. The minimum absolute atomic E-state index is 0.0200. The molecule has 0 aliphatic rings. The van der Waals surface area contributed by atoms with Gasteiger partial charge < -0.3 is 5.73 Å². The molecule has 0 heterocycles. The van der Waals surface area contributed by atoms with E-state index in [2.05, 4.69) is 0 Å². The monoisotopic (exact) mass is 305 g/mol. The quantitative estimate of drug-likeness (QED) is 0.584. The largest absolute Gasteiger partial charge is 0.417 e. The van der Waals surface area contributed by atoms with Gasteiger partial charge in [-0.3, -0.25) is 0 Å². The van der Waals surface area contributed by atoms with Crippen molar-refractivity contribution >= 4 is 5.69 Å². The molecular formula is C14H9F6N. The third-order valence-electron chi connectivity index (χ3n) is 2.85. The van der Waals surface area contributed by atoms with Gasteiger partial charge in [0.2, 0.25) is 0 Å². The number of benzene rings is 2. The molecule has 0 saturated heterocycles. The van der Waals surface area contributed by atoms with Gasteiger partial charge in [-0.05, 0) is 29.3 Å². The molecule has 0 amide bonds. The summed E-state index contributed by atoms with van der Waals surface area (Å²) in [6.45, 7) is 0. The van der Waals surface area contributed by atoms with E-state index in [-0.39, 0.29) is 11.3 Å². The molecule has 0 aromatic heterocycles. The number of nitrogens with two attached hydrogens (primary N) is 1. The predicted octanol–water partition coefficient (Wildman–Crippen LogP) is 4.97. The zero-order valence-electron chi connectivity index (χ0n) is 10.4. The molecule has 2 aromatic rings. The Morgan fingerprint density at radius 3 is 1.90 bits per heavy atom. The number of anilines is 1. The minimum Gasteiger partial charge on any atom is -0.399 e. The van der Waals surface area contributed by atoms with Crippen LogP contribution in [0.3, 0.4) is 0 Å². The average molecular weight is 305 g/mol. The Labute approximate surface area is 116 Å². The van der Waals surface area contributed by atoms with Crippen LogP contribution >= 0.6 is 0 Å². The van der Waals surface area contributed by atoms with E-state index in [4.69, 9.17) is 5.73 Å². The second kappa shape index (κ2) is 4.98. The molecule has 0 atom stereocenters. The number of hydrogen-bond donors (Lipinski definition) is 1. The third kappa shape index (κ3) is 3.12. The molecule has 7 heteroatoms. The lowest BCUT2D eigenvalue weighted by molar-refractivity contribution is -0.161.